The van der Waals surface area contributed by atoms with Crippen LogP contribution in [0.2, 0.25) is 0 Å². The summed E-state index contributed by atoms with van der Waals surface area (Å²) >= 11 is 0. The number of nitrogens with zero attached hydrogens (tertiary/aromatic N) is 2. The predicted molar refractivity (Wildman–Crippen MR) is 133 cm³/mol. The summed E-state index contributed by atoms with van der Waals surface area (Å²) in [6.07, 6.45) is 6.29. The van der Waals surface area contributed by atoms with Crippen LogP contribution in [0.25, 0.3) is 44.1 Å². The van der Waals surface area contributed by atoms with E-state index in [1.807, 2.05) is 36.7 Å². The number of aliphatic carboxylic acids is 1. The third-order valence-electron chi connectivity index (χ3n) is 6.10. The highest BCUT2D eigenvalue weighted by Gasteiger charge is 2.13. The van der Waals surface area contributed by atoms with E-state index in [0.717, 1.165) is 51.3 Å². The quantitative estimate of drug-likeness (QED) is 0.224. The molecular formula is C29H24N2O2. The van der Waals surface area contributed by atoms with Crippen molar-refractivity contribution in [2.75, 3.05) is 0 Å². The zero-order valence-electron chi connectivity index (χ0n) is 18.2. The lowest BCUT2D eigenvalue weighted by atomic mass is 9.92. The molecule has 0 aliphatic heterocycles. The molecule has 0 unspecified atom stereocenters. The van der Waals surface area contributed by atoms with Gasteiger partial charge in [-0.25, -0.2) is 0 Å². The average molecular weight is 433 g/mol. The van der Waals surface area contributed by atoms with Gasteiger partial charge in [0.05, 0.1) is 11.0 Å². The largest absolute Gasteiger partial charge is 0.481 e. The third-order valence-corrected chi connectivity index (χ3v) is 6.10. The van der Waals surface area contributed by atoms with Gasteiger partial charge in [-0.3, -0.25) is 14.8 Å². The molecule has 0 bridgehead atoms. The zero-order chi connectivity index (χ0) is 22.6. The number of carboxylic acids is 1. The van der Waals surface area contributed by atoms with E-state index < -0.39 is 5.97 Å². The highest BCUT2D eigenvalue weighted by Crippen LogP contribution is 2.36. The van der Waals surface area contributed by atoms with E-state index in [1.54, 1.807) is 0 Å². The Labute approximate surface area is 192 Å². The number of rotatable bonds is 7. The van der Waals surface area contributed by atoms with Crippen LogP contribution in [0, 0.1) is 0 Å². The SMILES string of the molecule is O=C(O)CCCCc1ccccc1-c1ccnc2c1ccc1c(-c3ccccc3)ccnc12. The number of carbonyl (C=O) groups is 1. The number of aromatic nitrogens is 2. The maximum absolute atomic E-state index is 10.9. The number of fused-ring (bicyclic) bond motifs is 3. The normalized spacial score (nSPS) is 11.2. The van der Waals surface area contributed by atoms with E-state index in [1.165, 1.54) is 11.1 Å². The first-order chi connectivity index (χ1) is 16.2. The number of unbranched alkanes of at least 4 members (excludes halogenated alkanes) is 1. The van der Waals surface area contributed by atoms with Crippen LogP contribution in [0.4, 0.5) is 0 Å². The molecule has 5 aromatic rings. The van der Waals surface area contributed by atoms with Gasteiger partial charge in [0.25, 0.3) is 0 Å². The first-order valence-electron chi connectivity index (χ1n) is 11.2. The summed E-state index contributed by atoms with van der Waals surface area (Å²) in [5, 5.41) is 11.1. The molecule has 4 heteroatoms. The molecule has 5 rings (SSSR count). The van der Waals surface area contributed by atoms with Gasteiger partial charge in [0.2, 0.25) is 0 Å². The van der Waals surface area contributed by atoms with Crippen LogP contribution < -0.4 is 0 Å². The molecule has 3 aromatic carbocycles. The van der Waals surface area contributed by atoms with E-state index in [9.17, 15) is 4.79 Å². The Hall–Kier alpha value is -4.05. The van der Waals surface area contributed by atoms with Gasteiger partial charge >= 0.3 is 5.97 Å². The highest BCUT2D eigenvalue weighted by atomic mass is 16.4. The van der Waals surface area contributed by atoms with Crippen molar-refractivity contribution >= 4 is 27.8 Å². The van der Waals surface area contributed by atoms with Crippen LogP contribution in [0.5, 0.6) is 0 Å². The molecule has 0 saturated carbocycles. The summed E-state index contributed by atoms with van der Waals surface area (Å²) in [7, 11) is 0. The Balaban J connectivity index is 1.61. The van der Waals surface area contributed by atoms with E-state index in [-0.39, 0.29) is 6.42 Å². The summed E-state index contributed by atoms with van der Waals surface area (Å²) < 4.78 is 0. The number of carboxylic acid groups (broad SMARTS) is 1. The minimum Gasteiger partial charge on any atom is -0.481 e. The van der Waals surface area contributed by atoms with Crippen molar-refractivity contribution in [3.05, 3.63) is 96.8 Å². The Bertz CT molecular complexity index is 1440. The smallest absolute Gasteiger partial charge is 0.303 e. The lowest BCUT2D eigenvalue weighted by molar-refractivity contribution is -0.137. The van der Waals surface area contributed by atoms with Crippen molar-refractivity contribution < 1.29 is 9.90 Å². The summed E-state index contributed by atoms with van der Waals surface area (Å²) in [6, 6.07) is 27.1. The number of pyridine rings is 2. The second-order valence-corrected chi connectivity index (χ2v) is 8.20. The van der Waals surface area contributed by atoms with Crippen molar-refractivity contribution in [2.45, 2.75) is 25.7 Å². The van der Waals surface area contributed by atoms with Gasteiger partial charge in [-0.1, -0.05) is 66.7 Å². The topological polar surface area (TPSA) is 63.1 Å². The monoisotopic (exact) mass is 432 g/mol. The molecule has 2 aromatic heterocycles. The fraction of sp³-hybridized carbons (Fsp3) is 0.138. The van der Waals surface area contributed by atoms with Gasteiger partial charge in [0, 0.05) is 29.6 Å². The van der Waals surface area contributed by atoms with Gasteiger partial charge < -0.3 is 5.11 Å². The van der Waals surface area contributed by atoms with Crippen LogP contribution in [-0.4, -0.2) is 21.0 Å². The minimum atomic E-state index is -0.738. The zero-order valence-corrected chi connectivity index (χ0v) is 18.2. The van der Waals surface area contributed by atoms with Crippen LogP contribution >= 0.6 is 0 Å². The second-order valence-electron chi connectivity index (χ2n) is 8.20. The fourth-order valence-electron chi connectivity index (χ4n) is 4.52. The highest BCUT2D eigenvalue weighted by molar-refractivity contribution is 6.11. The van der Waals surface area contributed by atoms with Crippen molar-refractivity contribution in [2.24, 2.45) is 0 Å². The molecule has 0 aliphatic rings. The van der Waals surface area contributed by atoms with Crippen molar-refractivity contribution in [1.29, 1.82) is 0 Å². The van der Waals surface area contributed by atoms with Gasteiger partial charge in [-0.15, -0.1) is 0 Å². The molecule has 1 N–H and O–H groups in total. The van der Waals surface area contributed by atoms with Crippen LogP contribution in [0.1, 0.15) is 24.8 Å². The molecule has 0 aliphatic carbocycles. The molecular weight excluding hydrogens is 408 g/mol. The lowest BCUT2D eigenvalue weighted by Crippen LogP contribution is -1.96. The van der Waals surface area contributed by atoms with Crippen LogP contribution in [-0.2, 0) is 11.2 Å². The lowest BCUT2D eigenvalue weighted by Gasteiger charge is -2.14. The molecule has 4 nitrogen and oxygen atoms in total. The third kappa shape index (κ3) is 4.20. The minimum absolute atomic E-state index is 0.210. The Morgan fingerprint density at radius 2 is 1.30 bits per heavy atom. The first kappa shape index (κ1) is 20.8. The maximum atomic E-state index is 10.9. The molecule has 0 atom stereocenters. The average Bonchev–Trinajstić information content (AvgIpc) is 2.86. The summed E-state index contributed by atoms with van der Waals surface area (Å²) in [5.41, 5.74) is 7.61. The van der Waals surface area contributed by atoms with E-state index in [0.29, 0.717) is 6.42 Å². The number of aryl methyl sites for hydroxylation is 1. The molecule has 0 saturated heterocycles. The second kappa shape index (κ2) is 9.21. The molecule has 162 valence electrons. The fourth-order valence-corrected chi connectivity index (χ4v) is 4.52. The van der Waals surface area contributed by atoms with E-state index in [4.69, 9.17) is 15.1 Å². The number of hydrogen-bond acceptors (Lipinski definition) is 3. The number of hydrogen-bond donors (Lipinski definition) is 1. The van der Waals surface area contributed by atoms with Crippen LogP contribution in [0.15, 0.2) is 91.3 Å². The van der Waals surface area contributed by atoms with Gasteiger partial charge in [-0.05, 0) is 59.2 Å². The summed E-state index contributed by atoms with van der Waals surface area (Å²) in [5.74, 6) is -0.738. The maximum Gasteiger partial charge on any atom is 0.303 e. The Morgan fingerprint density at radius 1 is 0.667 bits per heavy atom. The summed E-state index contributed by atoms with van der Waals surface area (Å²) in [4.78, 5) is 20.3. The summed E-state index contributed by atoms with van der Waals surface area (Å²) in [6.45, 7) is 0. The standard InChI is InChI=1S/C29H24N2O2/c32-27(33)13-7-5-11-20-10-4-6-12-22(20)24-17-19-31-29-26(24)15-14-25-23(16-18-30-28(25)29)21-8-2-1-3-9-21/h1-4,6,8-10,12,14-19H,5,7,11,13H2,(H,32,33). The van der Waals surface area contributed by atoms with Crippen molar-refractivity contribution in [1.82, 2.24) is 9.97 Å². The molecule has 0 fully saturated rings. The number of benzene rings is 3. The molecule has 0 amide bonds. The first-order valence-corrected chi connectivity index (χ1v) is 11.2. The van der Waals surface area contributed by atoms with Crippen LogP contribution in [0.3, 0.4) is 0 Å². The predicted octanol–water partition coefficient (Wildman–Crippen LogP) is 6.91. The Morgan fingerprint density at radius 3 is 2.03 bits per heavy atom. The van der Waals surface area contributed by atoms with Gasteiger partial charge in [-0.2, -0.15) is 0 Å². The van der Waals surface area contributed by atoms with Crippen molar-refractivity contribution in [3.8, 4) is 22.3 Å². The van der Waals surface area contributed by atoms with E-state index >= 15 is 0 Å². The molecule has 2 heterocycles. The molecule has 33 heavy (non-hydrogen) atoms. The van der Waals surface area contributed by atoms with E-state index in [2.05, 4.69) is 54.6 Å². The van der Waals surface area contributed by atoms with Crippen molar-refractivity contribution in [3.63, 3.8) is 0 Å². The molecule has 0 radical (unpaired) electrons. The van der Waals surface area contributed by atoms with Gasteiger partial charge in [0.15, 0.2) is 0 Å². The van der Waals surface area contributed by atoms with Gasteiger partial charge in [0.1, 0.15) is 0 Å². The Kier molecular flexibility index (Phi) is 5.81. The molecule has 0 spiro atoms.